The van der Waals surface area contributed by atoms with Crippen LogP contribution in [0.3, 0.4) is 0 Å². The number of hydrogen-bond donors (Lipinski definition) is 2. The summed E-state index contributed by atoms with van der Waals surface area (Å²) in [6, 6.07) is 0. The lowest BCUT2D eigenvalue weighted by molar-refractivity contribution is 0.108. The van der Waals surface area contributed by atoms with Crippen molar-refractivity contribution in [1.82, 2.24) is 5.48 Å². The Kier molecular flexibility index (Phi) is 16.8. The van der Waals surface area contributed by atoms with Gasteiger partial charge in [-0.25, -0.2) is 5.48 Å². The van der Waals surface area contributed by atoms with E-state index < -0.39 is 0 Å². The predicted octanol–water partition coefficient (Wildman–Crippen LogP) is 4.29. The fourth-order valence-corrected chi connectivity index (χ4v) is 2.05. The first kappa shape index (κ1) is 17.9. The molecule has 0 aromatic heterocycles. The van der Waals surface area contributed by atoms with Gasteiger partial charge in [0.1, 0.15) is 0 Å². The van der Waals surface area contributed by atoms with Gasteiger partial charge in [-0.3, -0.25) is 0 Å². The topological polar surface area (TPSA) is 41.5 Å². The van der Waals surface area contributed by atoms with Gasteiger partial charge in [-0.1, -0.05) is 64.7 Å². The molecule has 0 atom stereocenters. The molecule has 0 saturated heterocycles. The van der Waals surface area contributed by atoms with Crippen molar-refractivity contribution in [3.05, 3.63) is 0 Å². The van der Waals surface area contributed by atoms with Crippen LogP contribution in [0.5, 0.6) is 0 Å². The largest absolute Gasteiger partial charge is 0.381 e. The highest BCUT2D eigenvalue weighted by atomic mass is 16.5. The normalized spacial score (nSPS) is 11.0. The molecule has 0 aliphatic rings. The van der Waals surface area contributed by atoms with Crippen LogP contribution in [-0.2, 0) is 4.74 Å². The van der Waals surface area contributed by atoms with Crippen LogP contribution in [0.15, 0.2) is 0 Å². The van der Waals surface area contributed by atoms with E-state index in [4.69, 9.17) is 9.94 Å². The van der Waals surface area contributed by atoms with Crippen molar-refractivity contribution < 1.29 is 9.94 Å². The summed E-state index contributed by atoms with van der Waals surface area (Å²) in [5.41, 5.74) is 2.13. The van der Waals surface area contributed by atoms with E-state index >= 15 is 0 Å². The summed E-state index contributed by atoms with van der Waals surface area (Å²) in [4.78, 5) is 0. The molecule has 0 aromatic carbocycles. The third kappa shape index (κ3) is 15.9. The third-order valence-corrected chi connectivity index (χ3v) is 3.22. The van der Waals surface area contributed by atoms with E-state index in [9.17, 15) is 0 Å². The Balaban J connectivity index is 2.86. The summed E-state index contributed by atoms with van der Waals surface area (Å²) in [6.07, 6.45) is 14.5. The molecule has 0 bridgehead atoms. The summed E-state index contributed by atoms with van der Waals surface area (Å²) in [6.45, 7) is 4.52. The Hall–Kier alpha value is -0.120. The van der Waals surface area contributed by atoms with Crippen molar-refractivity contribution in [2.24, 2.45) is 0 Å². The SMILES string of the molecule is CCCCCCCCCCCCOCCCNO. The Bertz CT molecular complexity index is 126. The average molecular weight is 259 g/mol. The van der Waals surface area contributed by atoms with E-state index in [0.29, 0.717) is 6.54 Å². The second-order valence-electron chi connectivity index (χ2n) is 5.06. The van der Waals surface area contributed by atoms with E-state index in [1.54, 1.807) is 0 Å². The van der Waals surface area contributed by atoms with Gasteiger partial charge < -0.3 is 9.94 Å². The van der Waals surface area contributed by atoms with Gasteiger partial charge in [-0.05, 0) is 12.8 Å². The Labute approximate surface area is 113 Å². The third-order valence-electron chi connectivity index (χ3n) is 3.22. The lowest BCUT2D eigenvalue weighted by atomic mass is 10.1. The monoisotopic (exact) mass is 259 g/mol. The number of unbranched alkanes of at least 4 members (excludes halogenated alkanes) is 9. The number of hydrogen-bond acceptors (Lipinski definition) is 3. The summed E-state index contributed by atoms with van der Waals surface area (Å²) >= 11 is 0. The second-order valence-corrected chi connectivity index (χ2v) is 5.06. The highest BCUT2D eigenvalue weighted by molar-refractivity contribution is 4.47. The van der Waals surface area contributed by atoms with Gasteiger partial charge in [0.05, 0.1) is 0 Å². The molecule has 0 amide bonds. The van der Waals surface area contributed by atoms with Gasteiger partial charge in [0.25, 0.3) is 0 Å². The van der Waals surface area contributed by atoms with Crippen LogP contribution >= 0.6 is 0 Å². The molecule has 0 aliphatic heterocycles. The Morgan fingerprint density at radius 3 is 1.78 bits per heavy atom. The smallest absolute Gasteiger partial charge is 0.0479 e. The molecule has 0 unspecified atom stereocenters. The van der Waals surface area contributed by atoms with Crippen molar-refractivity contribution in [3.8, 4) is 0 Å². The molecule has 0 aliphatic carbocycles. The lowest BCUT2D eigenvalue weighted by Gasteiger charge is -2.04. The van der Waals surface area contributed by atoms with E-state index in [2.05, 4.69) is 12.4 Å². The van der Waals surface area contributed by atoms with Gasteiger partial charge in [0.15, 0.2) is 0 Å². The molecular formula is C15H33NO2. The van der Waals surface area contributed by atoms with Crippen molar-refractivity contribution in [3.63, 3.8) is 0 Å². The van der Waals surface area contributed by atoms with Gasteiger partial charge in [0, 0.05) is 19.8 Å². The zero-order valence-corrected chi connectivity index (χ0v) is 12.3. The van der Waals surface area contributed by atoms with Crippen LogP contribution in [-0.4, -0.2) is 25.0 Å². The number of hydroxylamine groups is 1. The summed E-state index contributed by atoms with van der Waals surface area (Å²) in [7, 11) is 0. The number of nitrogens with one attached hydrogen (secondary N) is 1. The van der Waals surface area contributed by atoms with Crippen LogP contribution in [0.2, 0.25) is 0 Å². The molecule has 110 valence electrons. The molecule has 0 heterocycles. The molecule has 0 rings (SSSR count). The van der Waals surface area contributed by atoms with Crippen molar-refractivity contribution in [1.29, 1.82) is 0 Å². The van der Waals surface area contributed by atoms with Gasteiger partial charge in [-0.15, -0.1) is 0 Å². The van der Waals surface area contributed by atoms with Crippen molar-refractivity contribution in [2.75, 3.05) is 19.8 Å². The van der Waals surface area contributed by atoms with Gasteiger partial charge >= 0.3 is 0 Å². The highest BCUT2D eigenvalue weighted by Crippen LogP contribution is 2.10. The van der Waals surface area contributed by atoms with Crippen LogP contribution < -0.4 is 5.48 Å². The van der Waals surface area contributed by atoms with Gasteiger partial charge in [-0.2, -0.15) is 0 Å². The molecule has 18 heavy (non-hydrogen) atoms. The van der Waals surface area contributed by atoms with E-state index in [-0.39, 0.29) is 0 Å². The lowest BCUT2D eigenvalue weighted by Crippen LogP contribution is -2.11. The summed E-state index contributed by atoms with van der Waals surface area (Å²) < 4.78 is 5.46. The van der Waals surface area contributed by atoms with E-state index in [1.165, 1.54) is 64.2 Å². The first-order valence-electron chi connectivity index (χ1n) is 7.86. The molecule has 0 radical (unpaired) electrons. The fourth-order valence-electron chi connectivity index (χ4n) is 2.05. The molecule has 0 spiro atoms. The van der Waals surface area contributed by atoms with Crippen molar-refractivity contribution in [2.45, 2.75) is 77.6 Å². The van der Waals surface area contributed by atoms with E-state index in [1.807, 2.05) is 0 Å². The summed E-state index contributed by atoms with van der Waals surface area (Å²) in [5, 5.41) is 8.35. The Morgan fingerprint density at radius 1 is 0.722 bits per heavy atom. The standard InChI is InChI=1S/C15H33NO2/c1-2-3-4-5-6-7-8-9-10-11-14-18-15-12-13-16-17/h16-17H,2-15H2,1H3. The maximum absolute atomic E-state index is 8.35. The number of rotatable bonds is 15. The number of ether oxygens (including phenoxy) is 1. The van der Waals surface area contributed by atoms with Crippen molar-refractivity contribution >= 4 is 0 Å². The van der Waals surface area contributed by atoms with E-state index in [0.717, 1.165) is 19.6 Å². The highest BCUT2D eigenvalue weighted by Gasteiger charge is 1.93. The molecule has 0 saturated carbocycles. The quantitative estimate of drug-likeness (QED) is 0.340. The second kappa shape index (κ2) is 16.9. The van der Waals surface area contributed by atoms with Gasteiger partial charge in [0.2, 0.25) is 0 Å². The molecule has 0 aromatic rings. The molecular weight excluding hydrogens is 226 g/mol. The first-order valence-corrected chi connectivity index (χ1v) is 7.86. The molecule has 3 nitrogen and oxygen atoms in total. The molecule has 2 N–H and O–H groups in total. The van der Waals surface area contributed by atoms with Crippen LogP contribution in [0.25, 0.3) is 0 Å². The summed E-state index contributed by atoms with van der Waals surface area (Å²) in [5.74, 6) is 0. The zero-order chi connectivity index (χ0) is 13.3. The minimum Gasteiger partial charge on any atom is -0.381 e. The molecule has 3 heteroatoms. The van der Waals surface area contributed by atoms with Crippen LogP contribution in [0.4, 0.5) is 0 Å². The Morgan fingerprint density at radius 2 is 1.22 bits per heavy atom. The minimum atomic E-state index is 0.623. The fraction of sp³-hybridized carbons (Fsp3) is 1.00. The minimum absolute atomic E-state index is 0.623. The average Bonchev–Trinajstić information content (AvgIpc) is 2.39. The van der Waals surface area contributed by atoms with Crippen LogP contribution in [0, 0.1) is 0 Å². The maximum Gasteiger partial charge on any atom is 0.0479 e. The maximum atomic E-state index is 8.35. The van der Waals surface area contributed by atoms with Crippen LogP contribution in [0.1, 0.15) is 77.6 Å². The molecule has 0 fully saturated rings. The zero-order valence-electron chi connectivity index (χ0n) is 12.3. The predicted molar refractivity (Wildman–Crippen MR) is 77.1 cm³/mol. The first-order chi connectivity index (χ1) is 8.91.